The minimum absolute atomic E-state index is 0.129. The van der Waals surface area contributed by atoms with E-state index in [1.165, 1.54) is 51.5 Å². The maximum absolute atomic E-state index is 6.18. The molecule has 0 radical (unpaired) electrons. The van der Waals surface area contributed by atoms with Gasteiger partial charge in [0.15, 0.2) is 0 Å². The van der Waals surface area contributed by atoms with E-state index in [-0.39, 0.29) is 5.54 Å². The highest BCUT2D eigenvalue weighted by molar-refractivity contribution is 5.05. The van der Waals surface area contributed by atoms with E-state index in [0.29, 0.717) is 6.10 Å². The Balaban J connectivity index is 2.18. The molecule has 2 saturated carbocycles. The van der Waals surface area contributed by atoms with Gasteiger partial charge in [0.25, 0.3) is 0 Å². The van der Waals surface area contributed by atoms with E-state index in [9.17, 15) is 0 Å². The van der Waals surface area contributed by atoms with Gasteiger partial charge in [0.2, 0.25) is 0 Å². The molecular weight excluding hydrogens is 212 g/mol. The Bertz CT molecular complexity index is 242. The van der Waals surface area contributed by atoms with Crippen LogP contribution in [0, 0.1) is 0 Å². The lowest BCUT2D eigenvalue weighted by Crippen LogP contribution is -2.63. The summed E-state index contributed by atoms with van der Waals surface area (Å²) in [5.74, 6) is 0. The van der Waals surface area contributed by atoms with Crippen molar-refractivity contribution in [2.24, 2.45) is 5.73 Å². The fourth-order valence-electron chi connectivity index (χ4n) is 3.60. The summed E-state index contributed by atoms with van der Waals surface area (Å²) in [5, 5.41) is 0. The van der Waals surface area contributed by atoms with Crippen molar-refractivity contribution in [1.82, 2.24) is 4.90 Å². The molecule has 3 heteroatoms. The minimum atomic E-state index is 0.129. The van der Waals surface area contributed by atoms with Crippen molar-refractivity contribution in [3.63, 3.8) is 0 Å². The Morgan fingerprint density at radius 2 is 2.06 bits per heavy atom. The number of methoxy groups -OCH3 is 1. The summed E-state index contributed by atoms with van der Waals surface area (Å²) in [4.78, 5) is 2.69. The first kappa shape index (κ1) is 13.3. The quantitative estimate of drug-likeness (QED) is 0.773. The molecule has 2 N–H and O–H groups in total. The standard InChI is InChI=1S/C14H28N2O/c1-3-10-16(12-7-8-12)14(11-15)9-5-4-6-13(14)17-2/h12-13H,3-11,15H2,1-2H3. The smallest absolute Gasteiger partial charge is 0.0767 e. The highest BCUT2D eigenvalue weighted by Gasteiger charge is 2.49. The van der Waals surface area contributed by atoms with Gasteiger partial charge in [-0.25, -0.2) is 0 Å². The van der Waals surface area contributed by atoms with Crippen molar-refractivity contribution >= 4 is 0 Å². The third kappa shape index (κ3) is 2.51. The third-order valence-electron chi connectivity index (χ3n) is 4.59. The monoisotopic (exact) mass is 240 g/mol. The van der Waals surface area contributed by atoms with Gasteiger partial charge < -0.3 is 10.5 Å². The van der Waals surface area contributed by atoms with Crippen molar-refractivity contribution < 1.29 is 4.74 Å². The lowest BCUT2D eigenvalue weighted by atomic mass is 9.77. The molecule has 17 heavy (non-hydrogen) atoms. The molecule has 2 atom stereocenters. The predicted molar refractivity (Wildman–Crippen MR) is 71.1 cm³/mol. The van der Waals surface area contributed by atoms with Gasteiger partial charge in [-0.2, -0.15) is 0 Å². The molecule has 0 spiro atoms. The number of hydrogen-bond donors (Lipinski definition) is 1. The SMILES string of the molecule is CCCN(C1CC1)C1(CN)CCCCC1OC. The van der Waals surface area contributed by atoms with Crippen molar-refractivity contribution in [3.8, 4) is 0 Å². The van der Waals surface area contributed by atoms with E-state index >= 15 is 0 Å². The Kier molecular flexibility index (Phi) is 4.45. The molecule has 0 aromatic rings. The summed E-state index contributed by atoms with van der Waals surface area (Å²) in [5.41, 5.74) is 6.31. The van der Waals surface area contributed by atoms with Crippen LogP contribution in [-0.2, 0) is 4.74 Å². The predicted octanol–water partition coefficient (Wildman–Crippen LogP) is 2.15. The van der Waals surface area contributed by atoms with Crippen molar-refractivity contribution in [2.75, 3.05) is 20.2 Å². The van der Waals surface area contributed by atoms with Crippen LogP contribution in [0.25, 0.3) is 0 Å². The molecule has 0 saturated heterocycles. The average Bonchev–Trinajstić information content (AvgIpc) is 3.20. The second-order valence-electron chi connectivity index (χ2n) is 5.70. The Morgan fingerprint density at radius 1 is 1.29 bits per heavy atom. The Labute approximate surface area is 106 Å². The van der Waals surface area contributed by atoms with Crippen LogP contribution in [0.4, 0.5) is 0 Å². The molecule has 2 unspecified atom stereocenters. The summed E-state index contributed by atoms with van der Waals surface area (Å²) in [6.07, 6.45) is 9.28. The first-order valence-electron chi connectivity index (χ1n) is 7.28. The van der Waals surface area contributed by atoms with Crippen LogP contribution in [0.15, 0.2) is 0 Å². The summed E-state index contributed by atoms with van der Waals surface area (Å²) < 4.78 is 5.78. The van der Waals surface area contributed by atoms with Crippen LogP contribution in [0.2, 0.25) is 0 Å². The molecule has 3 nitrogen and oxygen atoms in total. The van der Waals surface area contributed by atoms with E-state index in [2.05, 4.69) is 11.8 Å². The summed E-state index contributed by atoms with van der Waals surface area (Å²) >= 11 is 0. The molecule has 100 valence electrons. The lowest BCUT2D eigenvalue weighted by Gasteiger charge is -2.50. The summed E-state index contributed by atoms with van der Waals surface area (Å²) in [6.45, 7) is 4.20. The van der Waals surface area contributed by atoms with Crippen LogP contribution in [0.1, 0.15) is 51.9 Å². The number of hydrogen-bond acceptors (Lipinski definition) is 3. The average molecular weight is 240 g/mol. The number of rotatable bonds is 6. The zero-order chi connectivity index (χ0) is 12.3. The fraction of sp³-hybridized carbons (Fsp3) is 1.00. The maximum atomic E-state index is 6.18. The van der Waals surface area contributed by atoms with Crippen LogP contribution in [-0.4, -0.2) is 42.8 Å². The topological polar surface area (TPSA) is 38.5 Å². The molecule has 2 fully saturated rings. The van der Waals surface area contributed by atoms with Crippen LogP contribution in [0.5, 0.6) is 0 Å². The number of nitrogens with two attached hydrogens (primary N) is 1. The van der Waals surface area contributed by atoms with Gasteiger partial charge in [-0.3, -0.25) is 4.90 Å². The second kappa shape index (κ2) is 5.68. The molecule has 0 aromatic heterocycles. The molecule has 2 rings (SSSR count). The lowest BCUT2D eigenvalue weighted by molar-refractivity contribution is -0.0792. The van der Waals surface area contributed by atoms with E-state index in [1.54, 1.807) is 0 Å². The zero-order valence-electron chi connectivity index (χ0n) is 11.5. The maximum Gasteiger partial charge on any atom is 0.0767 e. The zero-order valence-corrected chi connectivity index (χ0v) is 11.5. The fourth-order valence-corrected chi connectivity index (χ4v) is 3.60. The van der Waals surface area contributed by atoms with Crippen molar-refractivity contribution in [2.45, 2.75) is 69.6 Å². The normalized spacial score (nSPS) is 34.2. The van der Waals surface area contributed by atoms with E-state index < -0.39 is 0 Å². The highest BCUT2D eigenvalue weighted by atomic mass is 16.5. The van der Waals surface area contributed by atoms with Gasteiger partial charge in [0.1, 0.15) is 0 Å². The first-order valence-corrected chi connectivity index (χ1v) is 7.28. The minimum Gasteiger partial charge on any atom is -0.379 e. The third-order valence-corrected chi connectivity index (χ3v) is 4.59. The van der Waals surface area contributed by atoms with Crippen LogP contribution >= 0.6 is 0 Å². The van der Waals surface area contributed by atoms with Gasteiger partial charge in [-0.05, 0) is 38.6 Å². The van der Waals surface area contributed by atoms with Gasteiger partial charge in [0.05, 0.1) is 11.6 Å². The molecule has 0 aromatic carbocycles. The largest absolute Gasteiger partial charge is 0.379 e. The summed E-state index contributed by atoms with van der Waals surface area (Å²) in [6, 6.07) is 0.786. The molecular formula is C14H28N2O. The molecule has 2 aliphatic carbocycles. The van der Waals surface area contributed by atoms with Crippen LogP contribution < -0.4 is 5.73 Å². The van der Waals surface area contributed by atoms with Gasteiger partial charge in [-0.1, -0.05) is 19.8 Å². The molecule has 0 aliphatic heterocycles. The van der Waals surface area contributed by atoms with Crippen LogP contribution in [0.3, 0.4) is 0 Å². The van der Waals surface area contributed by atoms with Gasteiger partial charge in [0, 0.05) is 19.7 Å². The highest BCUT2D eigenvalue weighted by Crippen LogP contribution is 2.41. The van der Waals surface area contributed by atoms with Crippen molar-refractivity contribution in [3.05, 3.63) is 0 Å². The van der Waals surface area contributed by atoms with E-state index in [1.807, 2.05) is 7.11 Å². The first-order chi connectivity index (χ1) is 8.28. The second-order valence-corrected chi connectivity index (χ2v) is 5.70. The number of ether oxygens (including phenoxy) is 1. The molecule has 0 bridgehead atoms. The molecule has 0 heterocycles. The van der Waals surface area contributed by atoms with Gasteiger partial charge >= 0.3 is 0 Å². The molecule has 0 amide bonds. The van der Waals surface area contributed by atoms with E-state index in [0.717, 1.165) is 12.6 Å². The Hall–Kier alpha value is -0.120. The Morgan fingerprint density at radius 3 is 2.59 bits per heavy atom. The summed E-state index contributed by atoms with van der Waals surface area (Å²) in [7, 11) is 1.86. The molecule has 2 aliphatic rings. The van der Waals surface area contributed by atoms with Gasteiger partial charge in [-0.15, -0.1) is 0 Å². The van der Waals surface area contributed by atoms with Crippen molar-refractivity contribution in [1.29, 1.82) is 0 Å². The number of nitrogens with zero attached hydrogens (tertiary/aromatic N) is 1. The van der Waals surface area contributed by atoms with E-state index in [4.69, 9.17) is 10.5 Å².